The Morgan fingerprint density at radius 3 is 2.38 bits per heavy atom. The maximum absolute atomic E-state index is 12.4. The third-order valence-corrected chi connectivity index (χ3v) is 5.92. The second-order valence-electron chi connectivity index (χ2n) is 6.07. The molecule has 0 aliphatic heterocycles. The van der Waals surface area contributed by atoms with Gasteiger partial charge >= 0.3 is 5.97 Å². The molecule has 0 aliphatic carbocycles. The quantitative estimate of drug-likeness (QED) is 0.683. The van der Waals surface area contributed by atoms with Crippen LogP contribution in [0.25, 0.3) is 0 Å². The Morgan fingerprint density at radius 2 is 1.92 bits per heavy atom. The number of nitrogens with zero attached hydrogens (tertiary/aromatic N) is 1. The Bertz CT molecular complexity index is 701. The Kier molecular flexibility index (Phi) is 7.25. The average molecular weight is 422 g/mol. The second-order valence-corrected chi connectivity index (χ2v) is 9.05. The summed E-state index contributed by atoms with van der Waals surface area (Å²) >= 11 is 3.18. The van der Waals surface area contributed by atoms with Crippen LogP contribution in [0.4, 0.5) is 0 Å². The van der Waals surface area contributed by atoms with Gasteiger partial charge in [-0.15, -0.1) is 0 Å². The summed E-state index contributed by atoms with van der Waals surface area (Å²) in [6, 6.07) is 2.91. The molecule has 0 saturated carbocycles. The minimum Gasteiger partial charge on any atom is -0.505 e. The molecule has 1 N–H and O–H groups in total. The van der Waals surface area contributed by atoms with E-state index in [2.05, 4.69) is 15.9 Å². The smallest absolute Gasteiger partial charge is 0.313 e. The highest BCUT2D eigenvalue weighted by Gasteiger charge is 2.29. The Hall–Kier alpha value is -1.12. The summed E-state index contributed by atoms with van der Waals surface area (Å²) in [5, 5.41) is 10.1. The lowest BCUT2D eigenvalue weighted by Gasteiger charge is -2.20. The number of hydrogen-bond acceptors (Lipinski definition) is 5. The van der Waals surface area contributed by atoms with Crippen molar-refractivity contribution in [3.63, 3.8) is 0 Å². The van der Waals surface area contributed by atoms with E-state index < -0.39 is 21.9 Å². The zero-order chi connectivity index (χ0) is 18.7. The van der Waals surface area contributed by atoms with Gasteiger partial charge in [0.15, 0.2) is 0 Å². The van der Waals surface area contributed by atoms with Crippen molar-refractivity contribution in [2.75, 3.05) is 20.7 Å². The number of hydrogen-bond donors (Lipinski definition) is 1. The van der Waals surface area contributed by atoms with Crippen LogP contribution in [0.15, 0.2) is 21.5 Å². The zero-order valence-electron chi connectivity index (χ0n) is 14.5. The summed E-state index contributed by atoms with van der Waals surface area (Å²) in [5.41, 5.74) is 0.493. The third-order valence-electron chi connectivity index (χ3n) is 3.49. The van der Waals surface area contributed by atoms with Crippen LogP contribution in [0.3, 0.4) is 0 Å². The molecule has 1 aromatic carbocycles. The first-order valence-electron chi connectivity index (χ1n) is 7.63. The molecule has 1 atom stereocenters. The lowest BCUT2D eigenvalue weighted by molar-refractivity contribution is -0.145. The predicted molar refractivity (Wildman–Crippen MR) is 95.5 cm³/mol. The van der Waals surface area contributed by atoms with Gasteiger partial charge in [0, 0.05) is 14.1 Å². The number of carbonyl (C=O) groups is 1. The van der Waals surface area contributed by atoms with Crippen LogP contribution in [0.1, 0.15) is 38.7 Å². The number of phenolic OH excluding ortho intramolecular Hbond substituents is 1. The molecule has 0 spiro atoms. The number of benzene rings is 1. The monoisotopic (exact) mass is 421 g/mol. The van der Waals surface area contributed by atoms with Gasteiger partial charge in [0.1, 0.15) is 10.6 Å². The highest BCUT2D eigenvalue weighted by atomic mass is 79.9. The number of ether oxygens (including phenoxy) is 1. The van der Waals surface area contributed by atoms with Crippen molar-refractivity contribution in [1.29, 1.82) is 0 Å². The van der Waals surface area contributed by atoms with Gasteiger partial charge in [-0.1, -0.05) is 13.8 Å². The molecule has 0 amide bonds. The normalized spacial score (nSPS) is 13.3. The third kappa shape index (κ3) is 4.70. The topological polar surface area (TPSA) is 83.9 Å². The molecule has 1 aromatic rings. The van der Waals surface area contributed by atoms with Crippen molar-refractivity contribution in [2.24, 2.45) is 5.92 Å². The molecule has 136 valence electrons. The Morgan fingerprint density at radius 1 is 1.33 bits per heavy atom. The van der Waals surface area contributed by atoms with Gasteiger partial charge in [-0.05, 0) is 52.9 Å². The minimum absolute atomic E-state index is 0.209. The summed E-state index contributed by atoms with van der Waals surface area (Å²) in [4.78, 5) is 12.1. The van der Waals surface area contributed by atoms with Crippen LogP contribution in [-0.4, -0.2) is 44.5 Å². The first-order chi connectivity index (χ1) is 11.0. The van der Waals surface area contributed by atoms with E-state index >= 15 is 0 Å². The molecule has 1 unspecified atom stereocenters. The Labute approximate surface area is 152 Å². The van der Waals surface area contributed by atoms with Crippen LogP contribution in [0, 0.1) is 5.92 Å². The van der Waals surface area contributed by atoms with Crippen LogP contribution < -0.4 is 0 Å². The van der Waals surface area contributed by atoms with E-state index in [0.29, 0.717) is 12.0 Å². The molecule has 0 saturated heterocycles. The maximum atomic E-state index is 12.4. The number of rotatable bonds is 7. The van der Waals surface area contributed by atoms with Gasteiger partial charge < -0.3 is 9.84 Å². The van der Waals surface area contributed by atoms with E-state index in [-0.39, 0.29) is 27.6 Å². The largest absolute Gasteiger partial charge is 0.505 e. The number of carbonyl (C=O) groups excluding carboxylic acids is 1. The van der Waals surface area contributed by atoms with Gasteiger partial charge in [-0.25, -0.2) is 12.7 Å². The average Bonchev–Trinajstić information content (AvgIpc) is 2.47. The molecule has 0 fully saturated rings. The Balaban J connectivity index is 3.51. The summed E-state index contributed by atoms with van der Waals surface area (Å²) in [5.74, 6) is -1.17. The van der Waals surface area contributed by atoms with Gasteiger partial charge in [0.25, 0.3) is 0 Å². The first-order valence-corrected chi connectivity index (χ1v) is 9.87. The summed E-state index contributed by atoms with van der Waals surface area (Å²) < 4.78 is 31.2. The maximum Gasteiger partial charge on any atom is 0.313 e. The SMILES string of the molecule is CCOC(=O)C(CC(C)C)c1cc(Br)c(O)c(S(=O)(=O)N(C)C)c1. The molecule has 0 heterocycles. The summed E-state index contributed by atoms with van der Waals surface area (Å²) in [7, 11) is -1.09. The molecule has 0 aromatic heterocycles. The molecular weight excluding hydrogens is 398 g/mol. The van der Waals surface area contributed by atoms with E-state index in [1.807, 2.05) is 13.8 Å². The van der Waals surface area contributed by atoms with E-state index in [9.17, 15) is 18.3 Å². The number of esters is 1. The van der Waals surface area contributed by atoms with Crippen LogP contribution in [0.5, 0.6) is 5.75 Å². The first kappa shape index (κ1) is 20.9. The zero-order valence-corrected chi connectivity index (χ0v) is 16.9. The lowest BCUT2D eigenvalue weighted by atomic mass is 9.90. The van der Waals surface area contributed by atoms with E-state index in [1.54, 1.807) is 13.0 Å². The number of halogens is 1. The van der Waals surface area contributed by atoms with E-state index in [4.69, 9.17) is 4.74 Å². The summed E-state index contributed by atoms with van der Waals surface area (Å²) in [6.45, 7) is 5.91. The van der Waals surface area contributed by atoms with Gasteiger partial charge in [-0.2, -0.15) is 0 Å². The van der Waals surface area contributed by atoms with Gasteiger partial charge in [-0.3, -0.25) is 4.79 Å². The summed E-state index contributed by atoms with van der Waals surface area (Å²) in [6.07, 6.45) is 0.511. The van der Waals surface area contributed by atoms with Gasteiger partial charge in [0.2, 0.25) is 10.0 Å². The molecule has 24 heavy (non-hydrogen) atoms. The van der Waals surface area contributed by atoms with E-state index in [0.717, 1.165) is 4.31 Å². The molecule has 8 heteroatoms. The highest BCUT2D eigenvalue weighted by molar-refractivity contribution is 9.10. The van der Waals surface area contributed by atoms with Crippen molar-refractivity contribution >= 4 is 31.9 Å². The van der Waals surface area contributed by atoms with Gasteiger partial charge in [0.05, 0.1) is 17.0 Å². The standard InChI is InChI=1S/C16H24BrNO5S/c1-6-23-16(20)12(7-10(2)3)11-8-13(17)15(19)14(9-11)24(21,22)18(4)5/h8-10,12,19H,6-7H2,1-5H3. The van der Waals surface area contributed by atoms with Crippen LogP contribution in [0.2, 0.25) is 0 Å². The fourth-order valence-corrected chi connectivity index (χ4v) is 3.91. The molecule has 1 rings (SSSR count). The second kappa shape index (κ2) is 8.31. The number of sulfonamides is 1. The van der Waals surface area contributed by atoms with Crippen LogP contribution >= 0.6 is 15.9 Å². The van der Waals surface area contributed by atoms with Crippen molar-refractivity contribution < 1.29 is 23.1 Å². The fourth-order valence-electron chi connectivity index (χ4n) is 2.27. The number of phenols is 1. The molecule has 6 nitrogen and oxygen atoms in total. The molecular formula is C16H24BrNO5S. The lowest BCUT2D eigenvalue weighted by Crippen LogP contribution is -2.23. The predicted octanol–water partition coefficient (Wildman–Crippen LogP) is 3.10. The molecule has 0 bridgehead atoms. The van der Waals surface area contributed by atoms with Crippen LogP contribution in [-0.2, 0) is 19.6 Å². The minimum atomic E-state index is -3.85. The molecule has 0 radical (unpaired) electrons. The highest BCUT2D eigenvalue weighted by Crippen LogP contribution is 2.37. The fraction of sp³-hybridized carbons (Fsp3) is 0.562. The van der Waals surface area contributed by atoms with Crippen molar-refractivity contribution in [3.05, 3.63) is 22.2 Å². The van der Waals surface area contributed by atoms with Crippen molar-refractivity contribution in [2.45, 2.75) is 38.0 Å². The van der Waals surface area contributed by atoms with Crippen molar-refractivity contribution in [1.82, 2.24) is 4.31 Å². The van der Waals surface area contributed by atoms with E-state index in [1.165, 1.54) is 20.2 Å². The number of aromatic hydroxyl groups is 1. The van der Waals surface area contributed by atoms with Crippen molar-refractivity contribution in [3.8, 4) is 5.75 Å². The molecule has 0 aliphatic rings.